The zero-order valence-electron chi connectivity index (χ0n) is 15.7. The summed E-state index contributed by atoms with van der Waals surface area (Å²) in [5.41, 5.74) is 9.21. The number of ether oxygens (including phenoxy) is 1. The molecule has 8 heteroatoms. The van der Waals surface area contributed by atoms with Gasteiger partial charge in [0.1, 0.15) is 0 Å². The number of aliphatic hydroxyl groups excluding tert-OH is 1. The summed E-state index contributed by atoms with van der Waals surface area (Å²) in [5.74, 6) is -0.669. The fourth-order valence-corrected chi connectivity index (χ4v) is 3.01. The molecule has 0 aliphatic carbocycles. The Hall–Kier alpha value is -3.39. The van der Waals surface area contributed by atoms with Gasteiger partial charge in [0, 0.05) is 11.1 Å². The van der Waals surface area contributed by atoms with Gasteiger partial charge in [-0.15, -0.1) is 0 Å². The van der Waals surface area contributed by atoms with Crippen LogP contribution in [-0.4, -0.2) is 39.6 Å². The zero-order valence-corrected chi connectivity index (χ0v) is 15.7. The van der Waals surface area contributed by atoms with Crippen molar-refractivity contribution in [1.82, 2.24) is 9.78 Å². The van der Waals surface area contributed by atoms with Crippen molar-refractivity contribution in [2.24, 2.45) is 5.73 Å². The van der Waals surface area contributed by atoms with Gasteiger partial charge in [0.25, 0.3) is 5.91 Å². The highest BCUT2D eigenvalue weighted by atomic mass is 16.6. The lowest BCUT2D eigenvalue weighted by molar-refractivity contribution is -0.125. The highest BCUT2D eigenvalue weighted by Gasteiger charge is 2.21. The van der Waals surface area contributed by atoms with E-state index in [0.717, 1.165) is 34.3 Å². The first-order chi connectivity index (χ1) is 13.4. The molecular formula is C20H22N4O4. The highest BCUT2D eigenvalue weighted by Crippen LogP contribution is 2.26. The van der Waals surface area contributed by atoms with Crippen molar-refractivity contribution < 1.29 is 19.4 Å². The minimum atomic E-state index is -1.37. The Morgan fingerprint density at radius 3 is 2.71 bits per heavy atom. The number of primary amides is 1. The van der Waals surface area contributed by atoms with Crippen molar-refractivity contribution in [3.8, 4) is 5.69 Å². The Labute approximate surface area is 161 Å². The second-order valence-corrected chi connectivity index (χ2v) is 6.38. The third-order valence-corrected chi connectivity index (χ3v) is 4.32. The number of aryl methyl sites for hydroxylation is 2. The first-order valence-corrected chi connectivity index (χ1v) is 8.89. The Bertz CT molecular complexity index is 1030. The third-order valence-electron chi connectivity index (χ3n) is 4.32. The van der Waals surface area contributed by atoms with Gasteiger partial charge in [0.05, 0.1) is 23.5 Å². The summed E-state index contributed by atoms with van der Waals surface area (Å²) in [5, 5.41) is 17.6. The summed E-state index contributed by atoms with van der Waals surface area (Å²) in [7, 11) is 0. The van der Waals surface area contributed by atoms with E-state index in [0.29, 0.717) is 5.69 Å². The fourth-order valence-electron chi connectivity index (χ4n) is 3.01. The second kappa shape index (κ2) is 8.10. The maximum absolute atomic E-state index is 12.2. The van der Waals surface area contributed by atoms with E-state index >= 15 is 0 Å². The van der Waals surface area contributed by atoms with Crippen LogP contribution < -0.4 is 11.1 Å². The minimum absolute atomic E-state index is 0.487. The molecule has 0 saturated heterocycles. The molecule has 146 valence electrons. The molecule has 1 aromatic heterocycles. The van der Waals surface area contributed by atoms with Crippen LogP contribution in [-0.2, 0) is 16.0 Å². The van der Waals surface area contributed by atoms with Crippen LogP contribution in [0.5, 0.6) is 0 Å². The Morgan fingerprint density at radius 2 is 2.07 bits per heavy atom. The average molecular weight is 382 g/mol. The predicted molar refractivity (Wildman–Crippen MR) is 105 cm³/mol. The lowest BCUT2D eigenvalue weighted by Gasteiger charge is -2.14. The normalized spacial score (nSPS) is 12.0. The molecule has 2 amide bonds. The monoisotopic (exact) mass is 382 g/mol. The van der Waals surface area contributed by atoms with Crippen molar-refractivity contribution in [1.29, 1.82) is 0 Å². The number of benzene rings is 2. The summed E-state index contributed by atoms with van der Waals surface area (Å²) in [4.78, 5) is 23.1. The van der Waals surface area contributed by atoms with Gasteiger partial charge in [0.15, 0.2) is 0 Å². The number of amides is 2. The molecule has 2 aromatic carbocycles. The first-order valence-electron chi connectivity index (χ1n) is 8.89. The lowest BCUT2D eigenvalue weighted by atomic mass is 10.1. The summed E-state index contributed by atoms with van der Waals surface area (Å²) < 4.78 is 6.44. The number of nitrogens with one attached hydrogen (secondary N) is 1. The van der Waals surface area contributed by atoms with E-state index in [1.807, 2.05) is 48.9 Å². The van der Waals surface area contributed by atoms with Crippen LogP contribution in [0.2, 0.25) is 0 Å². The van der Waals surface area contributed by atoms with Gasteiger partial charge in [-0.3, -0.25) is 4.79 Å². The molecule has 0 aliphatic rings. The quantitative estimate of drug-likeness (QED) is 0.604. The van der Waals surface area contributed by atoms with Crippen LogP contribution in [0.15, 0.2) is 42.5 Å². The van der Waals surface area contributed by atoms with Crippen LogP contribution in [0.3, 0.4) is 0 Å². The van der Waals surface area contributed by atoms with Gasteiger partial charge >= 0.3 is 6.09 Å². The number of hydrogen-bond acceptors (Lipinski definition) is 5. The highest BCUT2D eigenvalue weighted by molar-refractivity contribution is 5.97. The maximum atomic E-state index is 12.2. The van der Waals surface area contributed by atoms with Crippen LogP contribution in [0.1, 0.15) is 18.2 Å². The van der Waals surface area contributed by atoms with E-state index in [9.17, 15) is 14.7 Å². The SMILES string of the molecule is CCc1nn(-c2cccc(C)c2)c2cc(NC(=O)C(CO)OC(N)=O)ccc12. The number of carbonyl (C=O) groups excluding carboxylic acids is 2. The van der Waals surface area contributed by atoms with Crippen LogP contribution in [0.4, 0.5) is 10.5 Å². The number of rotatable bonds is 6. The van der Waals surface area contributed by atoms with Gasteiger partial charge in [-0.05, 0) is 49.2 Å². The van der Waals surface area contributed by atoms with E-state index in [4.69, 9.17) is 10.8 Å². The second-order valence-electron chi connectivity index (χ2n) is 6.38. The molecule has 3 aromatic rings. The Morgan fingerprint density at radius 1 is 1.29 bits per heavy atom. The molecule has 28 heavy (non-hydrogen) atoms. The van der Waals surface area contributed by atoms with Crippen molar-refractivity contribution >= 4 is 28.6 Å². The molecule has 0 bridgehead atoms. The Kier molecular flexibility index (Phi) is 5.60. The Balaban J connectivity index is 1.99. The van der Waals surface area contributed by atoms with Crippen molar-refractivity contribution in [2.45, 2.75) is 26.4 Å². The van der Waals surface area contributed by atoms with Gasteiger partial charge in [0.2, 0.25) is 6.10 Å². The van der Waals surface area contributed by atoms with E-state index in [-0.39, 0.29) is 0 Å². The summed E-state index contributed by atoms with van der Waals surface area (Å²) in [6, 6.07) is 13.4. The predicted octanol–water partition coefficient (Wildman–Crippen LogP) is 2.29. The smallest absolute Gasteiger partial charge is 0.405 e. The number of nitrogens with two attached hydrogens (primary N) is 1. The molecule has 4 N–H and O–H groups in total. The number of aliphatic hydroxyl groups is 1. The zero-order chi connectivity index (χ0) is 20.3. The molecule has 0 saturated carbocycles. The van der Waals surface area contributed by atoms with E-state index < -0.39 is 24.7 Å². The lowest BCUT2D eigenvalue weighted by Crippen LogP contribution is -2.37. The van der Waals surface area contributed by atoms with E-state index in [2.05, 4.69) is 10.1 Å². The van der Waals surface area contributed by atoms with Crippen LogP contribution in [0, 0.1) is 6.92 Å². The fraction of sp³-hybridized carbons (Fsp3) is 0.250. The first kappa shape index (κ1) is 19.4. The average Bonchev–Trinajstić information content (AvgIpc) is 3.04. The maximum Gasteiger partial charge on any atom is 0.405 e. The molecule has 0 radical (unpaired) electrons. The van der Waals surface area contributed by atoms with Crippen molar-refractivity contribution in [3.05, 3.63) is 53.7 Å². The van der Waals surface area contributed by atoms with Gasteiger partial charge in [-0.2, -0.15) is 5.10 Å². The van der Waals surface area contributed by atoms with Crippen LogP contribution in [0.25, 0.3) is 16.6 Å². The molecule has 8 nitrogen and oxygen atoms in total. The molecule has 3 rings (SSSR count). The summed E-state index contributed by atoms with van der Waals surface area (Å²) >= 11 is 0. The van der Waals surface area contributed by atoms with Crippen molar-refractivity contribution in [3.63, 3.8) is 0 Å². The largest absolute Gasteiger partial charge is 0.434 e. The van der Waals surface area contributed by atoms with Gasteiger partial charge < -0.3 is 20.9 Å². The molecule has 0 spiro atoms. The van der Waals surface area contributed by atoms with Gasteiger partial charge in [-0.25, -0.2) is 9.48 Å². The van der Waals surface area contributed by atoms with Crippen molar-refractivity contribution in [2.75, 3.05) is 11.9 Å². The number of anilines is 1. The minimum Gasteiger partial charge on any atom is -0.434 e. The number of carbonyl (C=O) groups is 2. The molecule has 1 atom stereocenters. The topological polar surface area (TPSA) is 119 Å². The third kappa shape index (κ3) is 3.96. The summed E-state index contributed by atoms with van der Waals surface area (Å²) in [6.45, 7) is 3.37. The number of hydrogen-bond donors (Lipinski definition) is 3. The molecule has 0 aliphatic heterocycles. The number of nitrogens with zero attached hydrogens (tertiary/aromatic N) is 2. The van der Waals surface area contributed by atoms with E-state index in [1.54, 1.807) is 12.1 Å². The van der Waals surface area contributed by atoms with Gasteiger partial charge in [-0.1, -0.05) is 19.1 Å². The number of fused-ring (bicyclic) bond motifs is 1. The standard InChI is InChI=1S/C20H22N4O4/c1-3-16-15-8-7-13(22-19(26)18(11-25)28-20(21)27)10-17(15)24(23-16)14-6-4-5-12(2)9-14/h4-10,18,25H,3,11H2,1-2H3,(H2,21,27)(H,22,26). The molecule has 0 fully saturated rings. The molecule has 1 heterocycles. The number of aromatic nitrogens is 2. The van der Waals surface area contributed by atoms with Crippen LogP contribution >= 0.6 is 0 Å². The summed E-state index contributed by atoms with van der Waals surface area (Å²) in [6.07, 6.45) is -1.74. The molecular weight excluding hydrogens is 360 g/mol. The molecule has 1 unspecified atom stereocenters. The van der Waals surface area contributed by atoms with E-state index in [1.165, 1.54) is 0 Å².